The third-order valence-electron chi connectivity index (χ3n) is 6.55. The first-order valence-electron chi connectivity index (χ1n) is 12.7. The van der Waals surface area contributed by atoms with Gasteiger partial charge in [0.15, 0.2) is 11.1 Å². The Morgan fingerprint density at radius 3 is 2.76 bits per heavy atom. The van der Waals surface area contributed by atoms with Gasteiger partial charge in [-0.15, -0.1) is 24.4 Å². The fraction of sp³-hybridized carbons (Fsp3) is 0.577. The van der Waals surface area contributed by atoms with Gasteiger partial charge >= 0.3 is 5.97 Å². The monoisotopic (exact) mass is 572 g/mol. The number of rotatable bonds is 13. The third kappa shape index (κ3) is 10.0. The number of thioether (sulfide) groups is 1. The predicted molar refractivity (Wildman–Crippen MR) is 150 cm³/mol. The highest BCUT2D eigenvalue weighted by Gasteiger charge is 2.26. The van der Waals surface area contributed by atoms with E-state index in [0.717, 1.165) is 55.9 Å². The second kappa shape index (κ2) is 15.3. The minimum atomic E-state index is -2.07. The maximum atomic E-state index is 14.2. The van der Waals surface area contributed by atoms with Crippen molar-refractivity contribution in [2.75, 3.05) is 37.3 Å². The van der Waals surface area contributed by atoms with Gasteiger partial charge in [0.05, 0.1) is 23.5 Å². The molecular weight excluding hydrogens is 535 g/mol. The van der Waals surface area contributed by atoms with E-state index in [9.17, 15) is 23.1 Å². The molecule has 1 aromatic rings. The molecule has 1 unspecified atom stereocenters. The van der Waals surface area contributed by atoms with Gasteiger partial charge in [-0.2, -0.15) is 0 Å². The summed E-state index contributed by atoms with van der Waals surface area (Å²) in [6, 6.07) is 4.95. The van der Waals surface area contributed by atoms with Crippen molar-refractivity contribution in [2.45, 2.75) is 67.4 Å². The zero-order valence-electron chi connectivity index (χ0n) is 21.1. The zero-order valence-corrected chi connectivity index (χ0v) is 23.6. The lowest BCUT2D eigenvalue weighted by Gasteiger charge is -2.32. The first-order valence-corrected chi connectivity index (χ1v) is 15.2. The van der Waals surface area contributed by atoms with Gasteiger partial charge in [0, 0.05) is 40.2 Å². The number of aliphatic hydroxyl groups excluding tert-OH is 1. The summed E-state index contributed by atoms with van der Waals surface area (Å²) in [5.41, 5.74) is 0.764. The molecule has 1 fully saturated rings. The number of aliphatic hydroxyl groups is 1. The van der Waals surface area contributed by atoms with Crippen molar-refractivity contribution in [3.05, 3.63) is 41.1 Å². The number of nitrogens with zero attached hydrogens (tertiary/aromatic N) is 1. The van der Waals surface area contributed by atoms with Crippen molar-refractivity contribution >= 4 is 47.1 Å². The largest absolute Gasteiger partial charge is 0.465 e. The Kier molecular flexibility index (Phi) is 12.5. The van der Waals surface area contributed by atoms with Gasteiger partial charge in [0.25, 0.3) is 0 Å². The molecule has 0 amide bonds. The lowest BCUT2D eigenvalue weighted by Crippen LogP contribution is -2.39. The van der Waals surface area contributed by atoms with Crippen molar-refractivity contribution in [1.82, 2.24) is 4.90 Å². The summed E-state index contributed by atoms with van der Waals surface area (Å²) in [6.45, 7) is 4.35. The number of esters is 1. The fourth-order valence-corrected chi connectivity index (χ4v) is 6.18. The van der Waals surface area contributed by atoms with Crippen LogP contribution < -0.4 is 5.32 Å². The summed E-state index contributed by atoms with van der Waals surface area (Å²) >= 11 is 3.95. The number of thiol groups is 1. The Bertz CT molecular complexity index is 996. The second-order valence-electron chi connectivity index (χ2n) is 9.50. The number of carbonyl (C=O) groups excluding carboxylic acids is 1. The van der Waals surface area contributed by atoms with Crippen LogP contribution in [0.5, 0.6) is 0 Å². The highest BCUT2D eigenvalue weighted by molar-refractivity contribution is 8.03. The molecule has 1 saturated heterocycles. The fourth-order valence-electron chi connectivity index (χ4n) is 4.29. The summed E-state index contributed by atoms with van der Waals surface area (Å²) in [7, 11) is 0. The zero-order chi connectivity index (χ0) is 26.8. The molecule has 0 saturated carbocycles. The summed E-state index contributed by atoms with van der Waals surface area (Å²) in [6.07, 6.45) is 7.18. The molecule has 0 spiro atoms. The SMILES string of the molecule is C[C@@H](O)CCOC(=O)C1CCN(CC[C@H](CSC2=C(F)C=CCC2)Nc2ccc(S(=O)O)cc2S)CC1. The standard InChI is InChI=1S/C26H37FN2O5S3/c1-18(30)11-15-34-26(31)19-8-12-29(13-9-19)14-10-20(17-36-25-5-3-2-4-22(25)27)28-23-7-6-21(37(32)33)16-24(23)35/h2,4,6-7,16,18-20,28,30,35H,3,5,8-15,17H2,1H3,(H,32,33)/t18-,20-/m1/s1. The van der Waals surface area contributed by atoms with Crippen LogP contribution in [-0.2, 0) is 20.6 Å². The van der Waals surface area contributed by atoms with Crippen LogP contribution >= 0.6 is 24.4 Å². The molecule has 0 aromatic heterocycles. The van der Waals surface area contributed by atoms with E-state index in [4.69, 9.17) is 4.74 Å². The van der Waals surface area contributed by atoms with Crippen LogP contribution in [0, 0.1) is 5.92 Å². The average Bonchev–Trinajstić information content (AvgIpc) is 2.87. The molecule has 1 aliphatic heterocycles. The van der Waals surface area contributed by atoms with Gasteiger partial charge in [-0.05, 0) is 76.4 Å². The van der Waals surface area contributed by atoms with Crippen molar-refractivity contribution < 1.29 is 27.8 Å². The van der Waals surface area contributed by atoms with E-state index in [2.05, 4.69) is 22.8 Å². The average molecular weight is 573 g/mol. The number of hydrogen-bond donors (Lipinski definition) is 4. The Morgan fingerprint density at radius 2 is 2.11 bits per heavy atom. The Balaban J connectivity index is 1.55. The first-order chi connectivity index (χ1) is 17.7. The lowest BCUT2D eigenvalue weighted by molar-refractivity contribution is -0.150. The molecule has 7 nitrogen and oxygen atoms in total. The molecule has 3 atom stereocenters. The van der Waals surface area contributed by atoms with E-state index in [1.165, 1.54) is 17.8 Å². The van der Waals surface area contributed by atoms with Gasteiger partial charge in [-0.1, -0.05) is 6.08 Å². The van der Waals surface area contributed by atoms with E-state index in [-0.39, 0.29) is 35.3 Å². The number of piperidine rings is 1. The maximum absolute atomic E-state index is 14.2. The Labute approximate surface area is 231 Å². The number of anilines is 1. The number of ether oxygens (including phenoxy) is 1. The van der Waals surface area contributed by atoms with Crippen LogP contribution in [-0.4, -0.2) is 68.9 Å². The topological polar surface area (TPSA) is 99.1 Å². The van der Waals surface area contributed by atoms with E-state index in [0.29, 0.717) is 23.5 Å². The molecule has 1 aromatic carbocycles. The van der Waals surface area contributed by atoms with Crippen LogP contribution in [0.2, 0.25) is 0 Å². The van der Waals surface area contributed by atoms with E-state index in [1.54, 1.807) is 25.1 Å². The number of halogens is 1. The number of likely N-dealkylation sites (tertiary alicyclic amines) is 1. The number of carbonyl (C=O) groups is 1. The van der Waals surface area contributed by atoms with Gasteiger partial charge in [-0.25, -0.2) is 8.60 Å². The molecule has 1 heterocycles. The molecule has 3 N–H and O–H groups in total. The van der Waals surface area contributed by atoms with Crippen molar-refractivity contribution in [1.29, 1.82) is 0 Å². The van der Waals surface area contributed by atoms with Crippen LogP contribution in [0.15, 0.2) is 50.9 Å². The summed E-state index contributed by atoms with van der Waals surface area (Å²) in [5, 5.41) is 12.8. The van der Waals surface area contributed by atoms with Gasteiger partial charge in [0.1, 0.15) is 5.83 Å². The van der Waals surface area contributed by atoms with Crippen molar-refractivity contribution in [2.24, 2.45) is 5.92 Å². The highest BCUT2D eigenvalue weighted by Crippen LogP contribution is 2.32. The van der Waals surface area contributed by atoms with Crippen molar-refractivity contribution in [3.63, 3.8) is 0 Å². The molecule has 0 bridgehead atoms. The van der Waals surface area contributed by atoms with Gasteiger partial charge in [0.2, 0.25) is 0 Å². The normalized spacial score (nSPS) is 19.5. The Hall–Kier alpha value is -1.37. The number of allylic oxidation sites excluding steroid dienone is 4. The quantitative estimate of drug-likeness (QED) is 0.149. The van der Waals surface area contributed by atoms with E-state index >= 15 is 0 Å². The highest BCUT2D eigenvalue weighted by atomic mass is 32.2. The molecule has 2 aliphatic rings. The van der Waals surface area contributed by atoms with Crippen LogP contribution in [0.4, 0.5) is 10.1 Å². The van der Waals surface area contributed by atoms with E-state index < -0.39 is 17.2 Å². The molecule has 3 rings (SSSR count). The first kappa shape index (κ1) is 30.2. The minimum absolute atomic E-state index is 0.0238. The third-order valence-corrected chi connectivity index (χ3v) is 8.90. The second-order valence-corrected chi connectivity index (χ2v) is 12.1. The van der Waals surface area contributed by atoms with Crippen LogP contribution in [0.3, 0.4) is 0 Å². The summed E-state index contributed by atoms with van der Waals surface area (Å²) in [4.78, 5) is 16.3. The Morgan fingerprint density at radius 1 is 1.35 bits per heavy atom. The molecule has 206 valence electrons. The maximum Gasteiger partial charge on any atom is 0.309 e. The summed E-state index contributed by atoms with van der Waals surface area (Å²) < 4.78 is 40.3. The molecular formula is C26H37FN2O5S3. The predicted octanol–water partition coefficient (Wildman–Crippen LogP) is 5.02. The van der Waals surface area contributed by atoms with Crippen molar-refractivity contribution in [3.8, 4) is 0 Å². The number of benzene rings is 1. The number of nitrogens with one attached hydrogen (secondary N) is 1. The van der Waals surface area contributed by atoms with Gasteiger partial charge < -0.3 is 24.6 Å². The molecule has 37 heavy (non-hydrogen) atoms. The number of hydrogen-bond acceptors (Lipinski definition) is 8. The smallest absolute Gasteiger partial charge is 0.309 e. The van der Waals surface area contributed by atoms with Crippen LogP contribution in [0.1, 0.15) is 45.4 Å². The van der Waals surface area contributed by atoms with Crippen LogP contribution in [0.25, 0.3) is 0 Å². The van der Waals surface area contributed by atoms with E-state index in [1.807, 2.05) is 6.08 Å². The molecule has 1 aliphatic carbocycles. The minimum Gasteiger partial charge on any atom is -0.465 e. The lowest BCUT2D eigenvalue weighted by atomic mass is 9.96. The summed E-state index contributed by atoms with van der Waals surface area (Å²) in [5.74, 6) is 0.221. The molecule has 11 heteroatoms. The molecule has 0 radical (unpaired) electrons. The van der Waals surface area contributed by atoms with Gasteiger partial charge in [-0.3, -0.25) is 4.79 Å².